The Morgan fingerprint density at radius 1 is 1.10 bits per heavy atom. The molecule has 0 aliphatic carbocycles. The molecule has 29 heavy (non-hydrogen) atoms. The van der Waals surface area contributed by atoms with E-state index in [2.05, 4.69) is 46.8 Å². The maximum absolute atomic E-state index is 12.2. The molecule has 2 N–H and O–H groups in total. The van der Waals surface area contributed by atoms with E-state index in [4.69, 9.17) is 4.74 Å². The zero-order valence-electron chi connectivity index (χ0n) is 16.6. The summed E-state index contributed by atoms with van der Waals surface area (Å²) in [6, 6.07) is 13.0. The lowest BCUT2D eigenvalue weighted by Gasteiger charge is -2.11. The SMILES string of the molecule is COC(=O)c1ccc(C)c(NC(=O)NCCc2csc(-c3ccc(C)cc3)n2)c1. The molecule has 0 atom stereocenters. The molecular formula is C22H23N3O3S. The minimum Gasteiger partial charge on any atom is -0.465 e. The van der Waals surface area contributed by atoms with Gasteiger partial charge in [-0.3, -0.25) is 0 Å². The average Bonchev–Trinajstić information content (AvgIpc) is 3.18. The van der Waals surface area contributed by atoms with E-state index < -0.39 is 5.97 Å². The first kappa shape index (κ1) is 20.5. The van der Waals surface area contributed by atoms with Gasteiger partial charge in [0.1, 0.15) is 5.01 Å². The van der Waals surface area contributed by atoms with Crippen molar-refractivity contribution < 1.29 is 14.3 Å². The van der Waals surface area contributed by atoms with Crippen LogP contribution in [0.3, 0.4) is 0 Å². The van der Waals surface area contributed by atoms with Crippen molar-refractivity contribution in [2.75, 3.05) is 19.0 Å². The number of thiazole rings is 1. The highest BCUT2D eigenvalue weighted by atomic mass is 32.1. The van der Waals surface area contributed by atoms with Crippen LogP contribution in [0.5, 0.6) is 0 Å². The molecule has 3 aromatic rings. The van der Waals surface area contributed by atoms with Gasteiger partial charge in [0.25, 0.3) is 0 Å². The number of rotatable bonds is 6. The number of hydrogen-bond donors (Lipinski definition) is 2. The Morgan fingerprint density at radius 2 is 1.86 bits per heavy atom. The Balaban J connectivity index is 1.53. The molecule has 0 saturated carbocycles. The number of amides is 2. The van der Waals surface area contributed by atoms with E-state index in [1.807, 2.05) is 12.3 Å². The summed E-state index contributed by atoms with van der Waals surface area (Å²) in [7, 11) is 1.32. The van der Waals surface area contributed by atoms with Gasteiger partial charge < -0.3 is 15.4 Å². The van der Waals surface area contributed by atoms with Crippen LogP contribution in [-0.2, 0) is 11.2 Å². The highest BCUT2D eigenvalue weighted by Crippen LogP contribution is 2.24. The fourth-order valence-electron chi connectivity index (χ4n) is 2.72. The molecule has 7 heteroatoms. The second-order valence-corrected chi connectivity index (χ2v) is 7.52. The van der Waals surface area contributed by atoms with E-state index in [1.54, 1.807) is 29.5 Å². The molecule has 0 aliphatic rings. The van der Waals surface area contributed by atoms with Crippen LogP contribution in [0.25, 0.3) is 10.6 Å². The standard InChI is InChI=1S/C22H23N3O3S/c1-14-4-7-16(8-5-14)20-24-18(13-29-20)10-11-23-22(27)25-19-12-17(21(26)28-3)9-6-15(19)2/h4-9,12-13H,10-11H2,1-3H3,(H2,23,25,27). The summed E-state index contributed by atoms with van der Waals surface area (Å²) in [5.41, 5.74) is 5.07. The topological polar surface area (TPSA) is 80.3 Å². The minimum absolute atomic E-state index is 0.330. The number of benzene rings is 2. The van der Waals surface area contributed by atoms with E-state index in [0.717, 1.165) is 21.8 Å². The predicted octanol–water partition coefficient (Wildman–Crippen LogP) is 4.58. The van der Waals surface area contributed by atoms with Gasteiger partial charge in [0.05, 0.1) is 18.4 Å². The number of aromatic nitrogens is 1. The monoisotopic (exact) mass is 409 g/mol. The zero-order valence-corrected chi connectivity index (χ0v) is 17.4. The van der Waals surface area contributed by atoms with Gasteiger partial charge >= 0.3 is 12.0 Å². The van der Waals surface area contributed by atoms with E-state index in [1.165, 1.54) is 12.7 Å². The van der Waals surface area contributed by atoms with Crippen molar-refractivity contribution >= 4 is 29.0 Å². The number of anilines is 1. The van der Waals surface area contributed by atoms with Gasteiger partial charge in [-0.2, -0.15) is 0 Å². The quantitative estimate of drug-likeness (QED) is 0.584. The number of nitrogens with zero attached hydrogens (tertiary/aromatic N) is 1. The summed E-state index contributed by atoms with van der Waals surface area (Å²) in [6.45, 7) is 4.37. The number of methoxy groups -OCH3 is 1. The van der Waals surface area contributed by atoms with Crippen molar-refractivity contribution in [2.45, 2.75) is 20.3 Å². The summed E-state index contributed by atoms with van der Waals surface area (Å²) in [6.07, 6.45) is 0.636. The van der Waals surface area contributed by atoms with Crippen molar-refractivity contribution in [3.8, 4) is 10.6 Å². The molecule has 3 rings (SSSR count). The number of ether oxygens (including phenoxy) is 1. The van der Waals surface area contributed by atoms with Crippen LogP contribution in [0.1, 0.15) is 27.2 Å². The van der Waals surface area contributed by atoms with Crippen molar-refractivity contribution in [3.63, 3.8) is 0 Å². The molecule has 0 bridgehead atoms. The third kappa shape index (κ3) is 5.42. The highest BCUT2D eigenvalue weighted by Gasteiger charge is 2.10. The van der Waals surface area contributed by atoms with E-state index in [9.17, 15) is 9.59 Å². The molecule has 6 nitrogen and oxygen atoms in total. The van der Waals surface area contributed by atoms with Crippen LogP contribution in [0, 0.1) is 13.8 Å². The lowest BCUT2D eigenvalue weighted by atomic mass is 10.1. The van der Waals surface area contributed by atoms with Gasteiger partial charge in [-0.15, -0.1) is 11.3 Å². The maximum atomic E-state index is 12.2. The molecule has 0 saturated heterocycles. The van der Waals surface area contributed by atoms with Crippen LogP contribution in [-0.4, -0.2) is 30.6 Å². The maximum Gasteiger partial charge on any atom is 0.337 e. The van der Waals surface area contributed by atoms with Gasteiger partial charge in [0.2, 0.25) is 0 Å². The summed E-state index contributed by atoms with van der Waals surface area (Å²) in [4.78, 5) is 28.5. The molecule has 0 unspecified atom stereocenters. The van der Waals surface area contributed by atoms with Crippen LogP contribution in [0.4, 0.5) is 10.5 Å². The number of hydrogen-bond acceptors (Lipinski definition) is 5. The van der Waals surface area contributed by atoms with Crippen LogP contribution in [0.15, 0.2) is 47.8 Å². The van der Waals surface area contributed by atoms with Gasteiger partial charge in [-0.1, -0.05) is 35.9 Å². The van der Waals surface area contributed by atoms with Crippen molar-refractivity contribution in [1.29, 1.82) is 0 Å². The van der Waals surface area contributed by atoms with Gasteiger partial charge in [-0.05, 0) is 31.5 Å². The van der Waals surface area contributed by atoms with Crippen molar-refractivity contribution in [3.05, 3.63) is 70.2 Å². The largest absolute Gasteiger partial charge is 0.465 e. The molecule has 1 heterocycles. The zero-order chi connectivity index (χ0) is 20.8. The Labute approximate surface area is 173 Å². The van der Waals surface area contributed by atoms with Gasteiger partial charge in [0.15, 0.2) is 0 Å². The first-order chi connectivity index (χ1) is 14.0. The number of esters is 1. The third-order valence-corrected chi connectivity index (χ3v) is 5.36. The lowest BCUT2D eigenvalue weighted by Crippen LogP contribution is -2.30. The van der Waals surface area contributed by atoms with Gasteiger partial charge in [0, 0.05) is 29.6 Å². The minimum atomic E-state index is -0.443. The number of carbonyl (C=O) groups excluding carboxylic acids is 2. The third-order valence-electron chi connectivity index (χ3n) is 4.42. The fourth-order valence-corrected chi connectivity index (χ4v) is 3.58. The predicted molar refractivity (Wildman–Crippen MR) is 116 cm³/mol. The van der Waals surface area contributed by atoms with Crippen LogP contribution in [0.2, 0.25) is 0 Å². The Morgan fingerprint density at radius 3 is 2.59 bits per heavy atom. The Hall–Kier alpha value is -3.19. The lowest BCUT2D eigenvalue weighted by molar-refractivity contribution is 0.0600. The number of urea groups is 1. The summed E-state index contributed by atoms with van der Waals surface area (Å²) < 4.78 is 4.72. The number of aryl methyl sites for hydroxylation is 2. The summed E-state index contributed by atoms with van der Waals surface area (Å²) in [5.74, 6) is -0.443. The van der Waals surface area contributed by atoms with Crippen molar-refractivity contribution in [1.82, 2.24) is 10.3 Å². The number of carbonyl (C=O) groups is 2. The average molecular weight is 410 g/mol. The first-order valence-electron chi connectivity index (χ1n) is 9.21. The van der Waals surface area contributed by atoms with Gasteiger partial charge in [-0.25, -0.2) is 14.6 Å². The molecule has 0 aliphatic heterocycles. The summed E-state index contributed by atoms with van der Waals surface area (Å²) in [5, 5.41) is 8.59. The smallest absolute Gasteiger partial charge is 0.337 e. The van der Waals surface area contributed by atoms with E-state index in [0.29, 0.717) is 24.2 Å². The molecule has 2 aromatic carbocycles. The molecular weight excluding hydrogens is 386 g/mol. The Bertz CT molecular complexity index is 1010. The highest BCUT2D eigenvalue weighted by molar-refractivity contribution is 7.13. The molecule has 0 spiro atoms. The fraction of sp³-hybridized carbons (Fsp3) is 0.227. The number of nitrogens with one attached hydrogen (secondary N) is 2. The normalized spacial score (nSPS) is 10.4. The second kappa shape index (κ2) is 9.34. The van der Waals surface area contributed by atoms with Crippen LogP contribution >= 0.6 is 11.3 Å². The molecule has 1 aromatic heterocycles. The van der Waals surface area contributed by atoms with E-state index in [-0.39, 0.29) is 6.03 Å². The first-order valence-corrected chi connectivity index (χ1v) is 10.1. The van der Waals surface area contributed by atoms with E-state index >= 15 is 0 Å². The van der Waals surface area contributed by atoms with Crippen molar-refractivity contribution in [2.24, 2.45) is 0 Å². The molecule has 150 valence electrons. The Kier molecular flexibility index (Phi) is 6.61. The second-order valence-electron chi connectivity index (χ2n) is 6.66. The van der Waals surface area contributed by atoms with Crippen LogP contribution < -0.4 is 10.6 Å². The molecule has 2 amide bonds. The summed E-state index contributed by atoms with van der Waals surface area (Å²) >= 11 is 1.60. The molecule has 0 radical (unpaired) electrons. The molecule has 0 fully saturated rings.